The molecule has 4 atom stereocenters. The number of anilines is 1. The van der Waals surface area contributed by atoms with E-state index in [1.54, 1.807) is 54.6 Å². The van der Waals surface area contributed by atoms with Crippen LogP contribution in [0, 0.1) is 11.8 Å². The third kappa shape index (κ3) is 3.44. The topological polar surface area (TPSA) is 92.7 Å². The van der Waals surface area contributed by atoms with Crippen molar-refractivity contribution in [3.8, 4) is 0 Å². The standard InChI is InChI=1S/C28H22ClNO5/c1-15(2)27(34)35-28-20-11-7-6-10-18(20)22(19-13-12-16(29)14-21(19)28)23(24(28)26(32)33)25(31)30-17-8-4-3-5-9-17/h3-14,22-24H,1H2,2H3,(H,30,31)(H,32,33). The Balaban J connectivity index is 1.80. The Bertz CT molecular complexity index is 1390. The van der Waals surface area contributed by atoms with E-state index in [-0.39, 0.29) is 5.57 Å². The van der Waals surface area contributed by atoms with E-state index in [0.717, 1.165) is 5.56 Å². The second-order valence-corrected chi connectivity index (χ2v) is 9.34. The summed E-state index contributed by atoms with van der Waals surface area (Å²) in [5.41, 5.74) is 1.33. The third-order valence-electron chi connectivity index (χ3n) is 6.81. The van der Waals surface area contributed by atoms with Gasteiger partial charge in [-0.1, -0.05) is 66.7 Å². The molecule has 7 heteroatoms. The average Bonchev–Trinajstić information content (AvgIpc) is 2.84. The van der Waals surface area contributed by atoms with Crippen molar-refractivity contribution in [1.82, 2.24) is 0 Å². The van der Waals surface area contributed by atoms with Crippen LogP contribution < -0.4 is 5.32 Å². The second kappa shape index (κ2) is 8.40. The smallest absolute Gasteiger partial charge is 0.334 e. The first kappa shape index (κ1) is 22.9. The van der Waals surface area contributed by atoms with Crippen LogP contribution in [-0.2, 0) is 24.7 Å². The van der Waals surface area contributed by atoms with Crippen LogP contribution in [0.5, 0.6) is 0 Å². The Hall–Kier alpha value is -3.90. The monoisotopic (exact) mass is 487 g/mol. The lowest BCUT2D eigenvalue weighted by atomic mass is 9.51. The molecule has 0 spiro atoms. The summed E-state index contributed by atoms with van der Waals surface area (Å²) in [5.74, 6) is -5.51. The van der Waals surface area contributed by atoms with E-state index >= 15 is 0 Å². The number of hydrogen-bond donors (Lipinski definition) is 2. The number of hydrogen-bond acceptors (Lipinski definition) is 4. The number of carbonyl (C=O) groups is 3. The van der Waals surface area contributed by atoms with Crippen LogP contribution in [0.3, 0.4) is 0 Å². The van der Waals surface area contributed by atoms with Crippen molar-refractivity contribution in [2.24, 2.45) is 11.8 Å². The van der Waals surface area contributed by atoms with E-state index < -0.39 is 41.2 Å². The van der Waals surface area contributed by atoms with Crippen molar-refractivity contribution in [3.05, 3.63) is 112 Å². The minimum Gasteiger partial charge on any atom is -0.481 e. The third-order valence-corrected chi connectivity index (χ3v) is 7.05. The van der Waals surface area contributed by atoms with Crippen molar-refractivity contribution in [3.63, 3.8) is 0 Å². The molecule has 6 rings (SSSR count). The molecule has 0 saturated carbocycles. The van der Waals surface area contributed by atoms with Gasteiger partial charge in [-0.25, -0.2) is 4.79 Å². The summed E-state index contributed by atoms with van der Waals surface area (Å²) in [6.45, 7) is 5.17. The molecule has 4 unspecified atom stereocenters. The number of aliphatic carboxylic acids is 1. The van der Waals surface area contributed by atoms with Crippen LogP contribution >= 0.6 is 11.6 Å². The minimum atomic E-state index is -1.77. The van der Waals surface area contributed by atoms with Gasteiger partial charge in [-0.2, -0.15) is 0 Å². The number of carboxylic acid groups (broad SMARTS) is 1. The molecule has 3 aromatic rings. The number of nitrogens with one attached hydrogen (secondary N) is 1. The van der Waals surface area contributed by atoms with Gasteiger partial charge in [0.05, 0.1) is 5.92 Å². The first-order chi connectivity index (χ1) is 16.8. The van der Waals surface area contributed by atoms with Crippen molar-refractivity contribution in [2.45, 2.75) is 18.4 Å². The number of ether oxygens (including phenoxy) is 1. The molecule has 0 aromatic heterocycles. The van der Waals surface area contributed by atoms with Gasteiger partial charge in [-0.05, 0) is 42.3 Å². The lowest BCUT2D eigenvalue weighted by molar-refractivity contribution is -0.177. The first-order valence-corrected chi connectivity index (χ1v) is 11.5. The molecule has 0 heterocycles. The van der Waals surface area contributed by atoms with Crippen LogP contribution in [0.25, 0.3) is 0 Å². The van der Waals surface area contributed by atoms with Crippen molar-refractivity contribution in [1.29, 1.82) is 0 Å². The van der Waals surface area contributed by atoms with Gasteiger partial charge in [0.25, 0.3) is 0 Å². The summed E-state index contributed by atoms with van der Waals surface area (Å²) in [6, 6.07) is 21.1. The van der Waals surface area contributed by atoms with Crippen LogP contribution in [-0.4, -0.2) is 23.0 Å². The molecule has 1 amide bonds. The molecule has 6 nitrogen and oxygen atoms in total. The molecule has 0 fully saturated rings. The largest absolute Gasteiger partial charge is 0.481 e. The zero-order chi connectivity index (χ0) is 24.9. The van der Waals surface area contributed by atoms with Gasteiger partial charge in [-0.3, -0.25) is 9.59 Å². The maximum atomic E-state index is 13.8. The summed E-state index contributed by atoms with van der Waals surface area (Å²) < 4.78 is 6.08. The number of benzene rings is 3. The lowest BCUT2D eigenvalue weighted by Gasteiger charge is -2.54. The fraction of sp³-hybridized carbons (Fsp3) is 0.179. The molecule has 0 aliphatic heterocycles. The average molecular weight is 488 g/mol. The molecule has 3 aliphatic rings. The van der Waals surface area contributed by atoms with E-state index in [9.17, 15) is 19.5 Å². The number of fused-ring (bicyclic) bond motifs is 1. The fourth-order valence-electron chi connectivity index (χ4n) is 5.49. The molecule has 0 saturated heterocycles. The zero-order valence-corrected chi connectivity index (χ0v) is 19.6. The highest BCUT2D eigenvalue weighted by atomic mass is 35.5. The molecule has 2 N–H and O–H groups in total. The fourth-order valence-corrected chi connectivity index (χ4v) is 5.66. The van der Waals surface area contributed by atoms with E-state index in [4.69, 9.17) is 16.3 Å². The first-order valence-electron chi connectivity index (χ1n) is 11.1. The Kier molecular flexibility index (Phi) is 5.49. The summed E-state index contributed by atoms with van der Waals surface area (Å²) in [4.78, 5) is 39.7. The molecule has 176 valence electrons. The Morgan fingerprint density at radius 3 is 2.31 bits per heavy atom. The number of halogens is 1. The van der Waals surface area contributed by atoms with E-state index in [1.807, 2.05) is 18.2 Å². The summed E-state index contributed by atoms with van der Waals surface area (Å²) >= 11 is 6.35. The minimum absolute atomic E-state index is 0.113. The molecule has 2 bridgehead atoms. The van der Waals surface area contributed by atoms with Gasteiger partial charge in [0.2, 0.25) is 5.91 Å². The number of rotatable bonds is 5. The van der Waals surface area contributed by atoms with Crippen LogP contribution in [0.15, 0.2) is 84.9 Å². The molecular weight excluding hydrogens is 466 g/mol. The predicted octanol–water partition coefficient (Wildman–Crippen LogP) is 5.12. The highest BCUT2D eigenvalue weighted by Crippen LogP contribution is 2.62. The van der Waals surface area contributed by atoms with Crippen LogP contribution in [0.4, 0.5) is 5.69 Å². The van der Waals surface area contributed by atoms with Crippen LogP contribution in [0.1, 0.15) is 35.1 Å². The number of para-hydroxylation sites is 1. The molecular formula is C28H22ClNO5. The molecule has 3 aromatic carbocycles. The van der Waals surface area contributed by atoms with Gasteiger partial charge in [0, 0.05) is 33.3 Å². The second-order valence-electron chi connectivity index (χ2n) is 8.90. The number of amides is 1. The van der Waals surface area contributed by atoms with Gasteiger partial charge in [-0.15, -0.1) is 0 Å². The van der Waals surface area contributed by atoms with Crippen molar-refractivity contribution in [2.75, 3.05) is 5.32 Å². The van der Waals surface area contributed by atoms with E-state index in [0.29, 0.717) is 27.4 Å². The summed E-state index contributed by atoms with van der Waals surface area (Å²) in [7, 11) is 0. The zero-order valence-electron chi connectivity index (χ0n) is 18.8. The SMILES string of the molecule is C=C(C)C(=O)OC12c3ccccc3C(c3ccc(Cl)cc31)C(C(=O)Nc1ccccc1)C2C(=O)O. The van der Waals surface area contributed by atoms with Gasteiger partial charge in [0.15, 0.2) is 5.60 Å². The van der Waals surface area contributed by atoms with Gasteiger partial charge < -0.3 is 15.2 Å². The number of esters is 1. The predicted molar refractivity (Wildman–Crippen MR) is 131 cm³/mol. The molecule has 0 radical (unpaired) electrons. The maximum absolute atomic E-state index is 13.8. The van der Waals surface area contributed by atoms with Crippen LogP contribution in [0.2, 0.25) is 5.02 Å². The maximum Gasteiger partial charge on any atom is 0.334 e. The van der Waals surface area contributed by atoms with Gasteiger partial charge >= 0.3 is 11.9 Å². The molecule has 3 aliphatic carbocycles. The number of carbonyl (C=O) groups excluding carboxylic acids is 2. The van der Waals surface area contributed by atoms with Crippen molar-refractivity contribution < 1.29 is 24.2 Å². The normalized spacial score (nSPS) is 23.5. The quantitative estimate of drug-likeness (QED) is 0.385. The highest BCUT2D eigenvalue weighted by molar-refractivity contribution is 6.30. The van der Waals surface area contributed by atoms with Crippen molar-refractivity contribution >= 4 is 35.1 Å². The lowest BCUT2D eigenvalue weighted by Crippen LogP contribution is -2.59. The Morgan fingerprint density at radius 1 is 0.971 bits per heavy atom. The molecule has 35 heavy (non-hydrogen) atoms. The van der Waals surface area contributed by atoms with E-state index in [1.165, 1.54) is 6.92 Å². The van der Waals surface area contributed by atoms with E-state index in [2.05, 4.69) is 11.9 Å². The Labute approximate surface area is 207 Å². The van der Waals surface area contributed by atoms with Gasteiger partial charge in [0.1, 0.15) is 5.92 Å². The number of carboxylic acids is 1. The Morgan fingerprint density at radius 2 is 1.63 bits per heavy atom. The summed E-state index contributed by atoms with van der Waals surface area (Å²) in [5, 5.41) is 13.8. The summed E-state index contributed by atoms with van der Waals surface area (Å²) in [6.07, 6.45) is 0. The highest BCUT2D eigenvalue weighted by Gasteiger charge is 2.66.